The van der Waals surface area contributed by atoms with Crippen molar-refractivity contribution < 1.29 is 47.9 Å². The molecule has 3 aromatic heterocycles. The highest BCUT2D eigenvalue weighted by molar-refractivity contribution is 7.91. The second-order valence-corrected chi connectivity index (χ2v) is 10.1. The highest BCUT2D eigenvalue weighted by Gasteiger charge is 2.42. The fourth-order valence-electron chi connectivity index (χ4n) is 3.47. The molecule has 0 aliphatic heterocycles. The largest absolute Gasteiger partial charge is 0.435 e. The topological polar surface area (TPSA) is 99.7 Å². The molecule has 0 atom stereocenters. The van der Waals surface area contributed by atoms with Crippen molar-refractivity contribution in [1.29, 1.82) is 0 Å². The van der Waals surface area contributed by atoms with Gasteiger partial charge in [-0.15, -0.1) is 0 Å². The van der Waals surface area contributed by atoms with Crippen LogP contribution in [0.2, 0.25) is 0 Å². The average Bonchev–Trinajstić information content (AvgIpc) is 3.30. The molecule has 1 aromatic carbocycles. The van der Waals surface area contributed by atoms with Crippen LogP contribution in [-0.2, 0) is 28.4 Å². The minimum Gasteiger partial charge on any atom is -0.267 e. The first-order valence-electron chi connectivity index (χ1n) is 10.4. The van der Waals surface area contributed by atoms with Crippen molar-refractivity contribution in [1.82, 2.24) is 24.5 Å². The van der Waals surface area contributed by atoms with Crippen LogP contribution in [0.3, 0.4) is 0 Å². The average molecular weight is 585 g/mol. The van der Waals surface area contributed by atoms with Crippen molar-refractivity contribution in [2.24, 2.45) is 0 Å². The van der Waals surface area contributed by atoms with Gasteiger partial charge in [-0.25, -0.2) is 18.1 Å². The van der Waals surface area contributed by atoms with E-state index in [1.807, 2.05) is 0 Å². The highest BCUT2D eigenvalue weighted by atomic mass is 32.2. The van der Waals surface area contributed by atoms with Gasteiger partial charge >= 0.3 is 18.5 Å². The molecule has 0 aliphatic carbocycles. The Kier molecular flexibility index (Phi) is 6.52. The van der Waals surface area contributed by atoms with Crippen molar-refractivity contribution >= 4 is 20.6 Å². The van der Waals surface area contributed by atoms with E-state index in [1.165, 1.54) is 0 Å². The van der Waals surface area contributed by atoms with Crippen LogP contribution >= 0.6 is 0 Å². The third-order valence-electron chi connectivity index (χ3n) is 5.38. The number of pyridine rings is 1. The molecular formula is C21H12F9N5O3S. The lowest BCUT2D eigenvalue weighted by Crippen LogP contribution is -2.25. The minimum absolute atomic E-state index is 0.0493. The van der Waals surface area contributed by atoms with Crippen LogP contribution in [0.4, 0.5) is 39.5 Å². The van der Waals surface area contributed by atoms with Gasteiger partial charge in [0, 0.05) is 11.5 Å². The predicted octanol–water partition coefficient (Wildman–Crippen LogP) is 4.82. The quantitative estimate of drug-likeness (QED) is 0.319. The smallest absolute Gasteiger partial charge is 0.267 e. The molecule has 0 spiro atoms. The van der Waals surface area contributed by atoms with Crippen LogP contribution in [0.5, 0.6) is 0 Å². The number of halogens is 9. The van der Waals surface area contributed by atoms with E-state index < -0.39 is 78.4 Å². The molecule has 18 heteroatoms. The summed E-state index contributed by atoms with van der Waals surface area (Å²) >= 11 is 0. The number of sulfone groups is 1. The first kappa shape index (κ1) is 28.1. The molecule has 39 heavy (non-hydrogen) atoms. The van der Waals surface area contributed by atoms with Gasteiger partial charge in [0.2, 0.25) is 0 Å². The van der Waals surface area contributed by atoms with Gasteiger partial charge in [0.15, 0.2) is 21.3 Å². The molecule has 0 N–H and O–H groups in total. The van der Waals surface area contributed by atoms with Crippen LogP contribution in [0.25, 0.3) is 22.3 Å². The van der Waals surface area contributed by atoms with Crippen LogP contribution in [0, 0.1) is 0 Å². The third kappa shape index (κ3) is 5.19. The summed E-state index contributed by atoms with van der Waals surface area (Å²) in [4.78, 5) is 15.8. The van der Waals surface area contributed by atoms with Gasteiger partial charge in [-0.1, -0.05) is 13.0 Å². The molecule has 208 valence electrons. The van der Waals surface area contributed by atoms with Crippen LogP contribution in [-0.4, -0.2) is 38.7 Å². The molecule has 0 saturated carbocycles. The SMILES string of the molecule is CCS(=O)(=O)c1cc(-n2nc(C(F)(F)F)cc2C(F)(F)F)cnc1-n1ncc2ccc(C(F)(F)F)cc2c1=O. The van der Waals surface area contributed by atoms with Crippen LogP contribution < -0.4 is 5.56 Å². The maximum Gasteiger partial charge on any atom is 0.435 e. The second-order valence-electron chi connectivity index (χ2n) is 7.90. The van der Waals surface area contributed by atoms with Crippen molar-refractivity contribution in [3.05, 3.63) is 70.0 Å². The monoisotopic (exact) mass is 585 g/mol. The Morgan fingerprint density at radius 3 is 2.08 bits per heavy atom. The summed E-state index contributed by atoms with van der Waals surface area (Å²) in [5.74, 6) is -1.51. The lowest BCUT2D eigenvalue weighted by atomic mass is 10.1. The van der Waals surface area contributed by atoms with Gasteiger partial charge in [0.1, 0.15) is 10.6 Å². The molecular weight excluding hydrogens is 573 g/mol. The maximum atomic E-state index is 13.5. The lowest BCUT2D eigenvalue weighted by Gasteiger charge is -2.14. The zero-order valence-electron chi connectivity index (χ0n) is 19.0. The Labute approximate surface area is 211 Å². The maximum absolute atomic E-state index is 13.5. The Hall–Kier alpha value is -3.96. The van der Waals surface area contributed by atoms with Crippen LogP contribution in [0.15, 0.2) is 52.4 Å². The first-order valence-corrected chi connectivity index (χ1v) is 12.1. The number of fused-ring (bicyclic) bond motifs is 1. The first-order chi connectivity index (χ1) is 17.8. The van der Waals surface area contributed by atoms with Crippen molar-refractivity contribution in [2.75, 3.05) is 5.75 Å². The third-order valence-corrected chi connectivity index (χ3v) is 7.12. The standard InChI is InChI=1S/C21H12F9N5O3S/c1-2-39(37,38)14-6-12(34-16(21(28,29)30)7-15(33-34)20(25,26)27)9-31-17(14)35-18(36)13-5-11(19(22,23)24)4-3-10(13)8-32-35/h3-9H,2H2,1H3. The number of hydrogen-bond donors (Lipinski definition) is 0. The number of alkyl halides is 9. The molecule has 0 bridgehead atoms. The summed E-state index contributed by atoms with van der Waals surface area (Å²) in [6.45, 7) is 1.12. The zero-order valence-corrected chi connectivity index (χ0v) is 19.8. The van der Waals surface area contributed by atoms with Crippen LogP contribution in [0.1, 0.15) is 23.9 Å². The summed E-state index contributed by atoms with van der Waals surface area (Å²) in [6.07, 6.45) is -14.0. The lowest BCUT2D eigenvalue weighted by molar-refractivity contribution is -0.143. The van der Waals surface area contributed by atoms with Crippen molar-refractivity contribution in [3.8, 4) is 11.5 Å². The molecule has 0 fully saturated rings. The number of benzene rings is 1. The van der Waals surface area contributed by atoms with E-state index in [0.29, 0.717) is 29.1 Å². The Balaban J connectivity index is 2.00. The van der Waals surface area contributed by atoms with Crippen molar-refractivity contribution in [3.63, 3.8) is 0 Å². The molecule has 4 aromatic rings. The molecule has 8 nitrogen and oxygen atoms in total. The normalized spacial score (nSPS) is 13.3. The second kappa shape index (κ2) is 9.06. The van der Waals surface area contributed by atoms with E-state index >= 15 is 0 Å². The summed E-state index contributed by atoms with van der Waals surface area (Å²) in [5, 5.41) is 6.04. The zero-order chi connectivity index (χ0) is 29.1. The summed E-state index contributed by atoms with van der Waals surface area (Å²) in [5.41, 5.74) is -7.13. The summed E-state index contributed by atoms with van der Waals surface area (Å²) < 4.78 is 145. The van der Waals surface area contributed by atoms with E-state index in [-0.39, 0.29) is 16.1 Å². The number of rotatable bonds is 4. The summed E-state index contributed by atoms with van der Waals surface area (Å²) in [6, 6.07) is 2.36. The van der Waals surface area contributed by atoms with Gasteiger partial charge < -0.3 is 0 Å². The fourth-order valence-corrected chi connectivity index (χ4v) is 4.50. The molecule has 3 heterocycles. The Morgan fingerprint density at radius 2 is 1.51 bits per heavy atom. The Bertz CT molecular complexity index is 1750. The molecule has 0 saturated heterocycles. The minimum atomic E-state index is -5.36. The van der Waals surface area contributed by atoms with E-state index in [9.17, 15) is 52.7 Å². The molecule has 0 unspecified atom stereocenters. The van der Waals surface area contributed by atoms with Gasteiger partial charge in [-0.05, 0) is 18.2 Å². The number of aromatic nitrogens is 5. The predicted molar refractivity (Wildman–Crippen MR) is 115 cm³/mol. The molecule has 4 rings (SSSR count). The molecule has 0 radical (unpaired) electrons. The van der Waals surface area contributed by atoms with E-state index in [0.717, 1.165) is 19.2 Å². The Morgan fingerprint density at radius 1 is 0.846 bits per heavy atom. The number of nitrogens with zero attached hydrogens (tertiary/aromatic N) is 5. The number of hydrogen-bond acceptors (Lipinski definition) is 6. The molecule has 0 aliphatic rings. The summed E-state index contributed by atoms with van der Waals surface area (Å²) in [7, 11) is -4.47. The van der Waals surface area contributed by atoms with Crippen molar-refractivity contribution in [2.45, 2.75) is 30.3 Å². The van der Waals surface area contributed by atoms with Gasteiger partial charge in [0.05, 0.1) is 34.8 Å². The molecule has 0 amide bonds. The highest BCUT2D eigenvalue weighted by Crippen LogP contribution is 2.37. The van der Waals surface area contributed by atoms with E-state index in [1.54, 1.807) is 0 Å². The van der Waals surface area contributed by atoms with E-state index in [2.05, 4.69) is 15.2 Å². The fraction of sp³-hybridized carbons (Fsp3) is 0.238. The van der Waals surface area contributed by atoms with Gasteiger partial charge in [-0.2, -0.15) is 54.4 Å². The van der Waals surface area contributed by atoms with Gasteiger partial charge in [-0.3, -0.25) is 4.79 Å². The van der Waals surface area contributed by atoms with E-state index in [4.69, 9.17) is 0 Å². The van der Waals surface area contributed by atoms with Gasteiger partial charge in [0.25, 0.3) is 5.56 Å².